The minimum Gasteiger partial charge on any atom is -0.395 e. The molecule has 0 fully saturated rings. The number of benzene rings is 1. The molecule has 1 N–H and O–H groups in total. The molecule has 7 nitrogen and oxygen atoms in total. The Bertz CT molecular complexity index is 998. The van der Waals surface area contributed by atoms with E-state index in [-0.39, 0.29) is 39.3 Å². The highest BCUT2D eigenvalue weighted by Gasteiger charge is 2.44. The number of pyridine rings is 1. The standard InChI is InChI=1S/C15H11ClF2N2O5S/c1-26(22,23)7-8-5-6-9(13(16)19-8)14(21)20-10-3-2-4-11-12(10)25-15(17,18)24-11/h2-6H,7H2,1H3,(H,20,21). The fourth-order valence-corrected chi connectivity index (χ4v) is 3.20. The zero-order chi connectivity index (χ0) is 19.1. The Morgan fingerprint density at radius 2 is 2.00 bits per heavy atom. The Morgan fingerprint density at radius 3 is 2.65 bits per heavy atom. The molecular formula is C15H11ClF2N2O5S. The second-order valence-electron chi connectivity index (χ2n) is 5.47. The van der Waals surface area contributed by atoms with Crippen LogP contribution in [0.2, 0.25) is 5.15 Å². The highest BCUT2D eigenvalue weighted by atomic mass is 35.5. The number of carbonyl (C=O) groups is 1. The van der Waals surface area contributed by atoms with Crippen molar-refractivity contribution in [3.05, 3.63) is 46.7 Å². The van der Waals surface area contributed by atoms with Crippen LogP contribution in [0.25, 0.3) is 0 Å². The van der Waals surface area contributed by atoms with Crippen molar-refractivity contribution in [1.82, 2.24) is 4.98 Å². The largest absolute Gasteiger partial charge is 0.586 e. The van der Waals surface area contributed by atoms with E-state index in [1.807, 2.05) is 0 Å². The molecule has 0 aliphatic carbocycles. The Labute approximate surface area is 151 Å². The molecule has 1 aliphatic rings. The lowest BCUT2D eigenvalue weighted by atomic mass is 10.2. The first-order valence-electron chi connectivity index (χ1n) is 7.07. The lowest BCUT2D eigenvalue weighted by Gasteiger charge is -2.10. The summed E-state index contributed by atoms with van der Waals surface area (Å²) in [6, 6.07) is 6.64. The molecule has 2 aromatic rings. The van der Waals surface area contributed by atoms with Crippen molar-refractivity contribution in [2.24, 2.45) is 0 Å². The lowest BCUT2D eigenvalue weighted by Crippen LogP contribution is -2.26. The van der Waals surface area contributed by atoms with Crippen molar-refractivity contribution < 1.29 is 31.5 Å². The normalized spacial score (nSPS) is 14.9. The van der Waals surface area contributed by atoms with Gasteiger partial charge >= 0.3 is 6.29 Å². The first-order chi connectivity index (χ1) is 12.0. The average Bonchev–Trinajstić information content (AvgIpc) is 2.80. The maximum atomic E-state index is 13.2. The third kappa shape index (κ3) is 4.02. The molecule has 0 unspecified atom stereocenters. The summed E-state index contributed by atoms with van der Waals surface area (Å²) in [4.78, 5) is 16.2. The lowest BCUT2D eigenvalue weighted by molar-refractivity contribution is -0.286. The fourth-order valence-electron chi connectivity index (χ4n) is 2.25. The summed E-state index contributed by atoms with van der Waals surface area (Å²) in [6.07, 6.45) is -2.79. The molecule has 1 aromatic carbocycles. The van der Waals surface area contributed by atoms with Crippen molar-refractivity contribution in [1.29, 1.82) is 0 Å². The molecule has 138 valence electrons. The highest BCUT2D eigenvalue weighted by molar-refractivity contribution is 7.89. The van der Waals surface area contributed by atoms with E-state index in [9.17, 15) is 22.0 Å². The number of carbonyl (C=O) groups excluding carboxylic acids is 1. The van der Waals surface area contributed by atoms with Gasteiger partial charge in [-0.3, -0.25) is 4.79 Å². The Hall–Kier alpha value is -2.46. The summed E-state index contributed by atoms with van der Waals surface area (Å²) in [5.41, 5.74) is 0.0687. The first kappa shape index (κ1) is 18.3. The Balaban J connectivity index is 1.83. The summed E-state index contributed by atoms with van der Waals surface area (Å²) >= 11 is 5.94. The van der Waals surface area contributed by atoms with Gasteiger partial charge in [0.1, 0.15) is 5.15 Å². The molecule has 3 rings (SSSR count). The van der Waals surface area contributed by atoms with Gasteiger partial charge in [0.05, 0.1) is 22.7 Å². The van der Waals surface area contributed by atoms with Crippen molar-refractivity contribution in [2.75, 3.05) is 11.6 Å². The topological polar surface area (TPSA) is 94.6 Å². The van der Waals surface area contributed by atoms with Crippen LogP contribution in [0.3, 0.4) is 0 Å². The molecule has 0 spiro atoms. The molecule has 0 bridgehead atoms. The van der Waals surface area contributed by atoms with E-state index in [1.54, 1.807) is 0 Å². The van der Waals surface area contributed by atoms with E-state index < -0.39 is 22.0 Å². The zero-order valence-corrected chi connectivity index (χ0v) is 14.7. The number of rotatable bonds is 4. The molecule has 2 heterocycles. The van der Waals surface area contributed by atoms with Gasteiger partial charge in [0, 0.05) is 6.26 Å². The van der Waals surface area contributed by atoms with Crippen molar-refractivity contribution in [3.8, 4) is 11.5 Å². The molecule has 1 aromatic heterocycles. The number of nitrogens with zero attached hydrogens (tertiary/aromatic N) is 1. The third-order valence-corrected chi connectivity index (χ3v) is 4.35. The second-order valence-corrected chi connectivity index (χ2v) is 7.96. The van der Waals surface area contributed by atoms with Crippen molar-refractivity contribution in [2.45, 2.75) is 12.0 Å². The van der Waals surface area contributed by atoms with Gasteiger partial charge in [0.2, 0.25) is 0 Å². The van der Waals surface area contributed by atoms with Gasteiger partial charge in [-0.25, -0.2) is 13.4 Å². The first-order valence-corrected chi connectivity index (χ1v) is 9.51. The van der Waals surface area contributed by atoms with E-state index in [0.29, 0.717) is 0 Å². The number of nitrogens with one attached hydrogen (secondary N) is 1. The summed E-state index contributed by atoms with van der Waals surface area (Å²) in [5, 5.41) is 2.16. The monoisotopic (exact) mass is 404 g/mol. The molecule has 0 saturated heterocycles. The van der Waals surface area contributed by atoms with E-state index >= 15 is 0 Å². The number of para-hydroxylation sites is 1. The van der Waals surface area contributed by atoms with Crippen LogP contribution in [0.4, 0.5) is 14.5 Å². The summed E-state index contributed by atoms with van der Waals surface area (Å²) in [6.45, 7) is 0. The van der Waals surface area contributed by atoms with E-state index in [0.717, 1.165) is 6.26 Å². The predicted molar refractivity (Wildman–Crippen MR) is 88.4 cm³/mol. The average molecular weight is 405 g/mol. The summed E-state index contributed by atoms with van der Waals surface area (Å²) < 4.78 is 57.6. The number of hydrogen-bond donors (Lipinski definition) is 1. The number of fused-ring (bicyclic) bond motifs is 1. The number of alkyl halides is 2. The number of aromatic nitrogens is 1. The van der Waals surface area contributed by atoms with Gasteiger partial charge in [0.25, 0.3) is 5.91 Å². The smallest absolute Gasteiger partial charge is 0.395 e. The third-order valence-electron chi connectivity index (χ3n) is 3.24. The van der Waals surface area contributed by atoms with Crippen LogP contribution in [0.5, 0.6) is 11.5 Å². The second kappa shape index (κ2) is 6.36. The van der Waals surface area contributed by atoms with Crippen LogP contribution in [-0.4, -0.2) is 31.9 Å². The van der Waals surface area contributed by atoms with E-state index in [1.165, 1.54) is 30.3 Å². The van der Waals surface area contributed by atoms with Crippen LogP contribution in [-0.2, 0) is 15.6 Å². The minimum atomic E-state index is -3.82. The number of anilines is 1. The van der Waals surface area contributed by atoms with E-state index in [2.05, 4.69) is 19.8 Å². The maximum Gasteiger partial charge on any atom is 0.586 e. The van der Waals surface area contributed by atoms with Gasteiger partial charge in [-0.15, -0.1) is 8.78 Å². The minimum absolute atomic E-state index is 0.0408. The highest BCUT2D eigenvalue weighted by Crippen LogP contribution is 2.45. The molecule has 0 radical (unpaired) electrons. The zero-order valence-electron chi connectivity index (χ0n) is 13.1. The summed E-state index contributed by atoms with van der Waals surface area (Å²) in [5.74, 6) is -1.61. The molecule has 0 saturated carbocycles. The molecule has 11 heteroatoms. The van der Waals surface area contributed by atoms with Crippen molar-refractivity contribution in [3.63, 3.8) is 0 Å². The fraction of sp³-hybridized carbons (Fsp3) is 0.200. The molecule has 26 heavy (non-hydrogen) atoms. The number of hydrogen-bond acceptors (Lipinski definition) is 6. The molecule has 0 atom stereocenters. The number of amides is 1. The van der Waals surface area contributed by atoms with Crippen LogP contribution >= 0.6 is 11.6 Å². The Morgan fingerprint density at radius 1 is 1.27 bits per heavy atom. The number of halogens is 3. The molecule has 1 aliphatic heterocycles. The van der Waals surface area contributed by atoms with Crippen molar-refractivity contribution >= 4 is 33.0 Å². The van der Waals surface area contributed by atoms with Gasteiger partial charge in [0.15, 0.2) is 21.3 Å². The van der Waals surface area contributed by atoms with Crippen LogP contribution in [0.1, 0.15) is 16.1 Å². The van der Waals surface area contributed by atoms with Gasteiger partial charge in [-0.2, -0.15) is 0 Å². The quantitative estimate of drug-likeness (QED) is 0.787. The predicted octanol–water partition coefficient (Wildman–Crippen LogP) is 2.85. The SMILES string of the molecule is CS(=O)(=O)Cc1ccc(C(=O)Nc2cccc3c2OC(F)(F)O3)c(Cl)n1. The molecular weight excluding hydrogens is 394 g/mol. The van der Waals surface area contributed by atoms with Crippen LogP contribution in [0.15, 0.2) is 30.3 Å². The maximum absolute atomic E-state index is 13.2. The molecule has 1 amide bonds. The van der Waals surface area contributed by atoms with Crippen LogP contribution < -0.4 is 14.8 Å². The van der Waals surface area contributed by atoms with Crippen LogP contribution in [0, 0.1) is 0 Å². The Kier molecular flexibility index (Phi) is 4.49. The van der Waals surface area contributed by atoms with E-state index in [4.69, 9.17) is 11.6 Å². The van der Waals surface area contributed by atoms with Gasteiger partial charge in [-0.05, 0) is 24.3 Å². The summed E-state index contributed by atoms with van der Waals surface area (Å²) in [7, 11) is -3.32. The number of ether oxygens (including phenoxy) is 2. The van der Waals surface area contributed by atoms with Gasteiger partial charge in [-0.1, -0.05) is 17.7 Å². The van der Waals surface area contributed by atoms with Gasteiger partial charge < -0.3 is 14.8 Å². The number of sulfone groups is 1.